The van der Waals surface area contributed by atoms with Crippen molar-refractivity contribution in [2.75, 3.05) is 0 Å². The number of aromatic nitrogens is 2. The molecule has 0 radical (unpaired) electrons. The largest absolute Gasteiger partial charge is 0.390 e. The number of nitrogens with one attached hydrogen (secondary N) is 1. The van der Waals surface area contributed by atoms with Crippen LogP contribution in [0.5, 0.6) is 0 Å². The van der Waals surface area contributed by atoms with Crippen LogP contribution in [0.3, 0.4) is 0 Å². The van der Waals surface area contributed by atoms with Crippen molar-refractivity contribution in [3.8, 4) is 0 Å². The Morgan fingerprint density at radius 3 is 2.94 bits per heavy atom. The van der Waals surface area contributed by atoms with E-state index >= 15 is 0 Å². The van der Waals surface area contributed by atoms with Gasteiger partial charge in [-0.25, -0.2) is 4.79 Å². The molecule has 1 unspecified atom stereocenters. The van der Waals surface area contributed by atoms with E-state index in [0.717, 1.165) is 10.8 Å². The quantitative estimate of drug-likeness (QED) is 0.750. The van der Waals surface area contributed by atoms with E-state index in [-0.39, 0.29) is 12.5 Å². The lowest BCUT2D eigenvalue weighted by Crippen LogP contribution is -2.33. The Hall–Kier alpha value is -1.47. The SMILES string of the molecule is CC[C@H]1O[C@@H](n2cc(F)c(=O)[nH]c2=O)CC1O. The molecular weight excluding hydrogens is 231 g/mol. The van der Waals surface area contributed by atoms with Crippen LogP contribution in [-0.2, 0) is 4.74 Å². The normalized spacial score (nSPS) is 28.5. The van der Waals surface area contributed by atoms with Gasteiger partial charge in [0, 0.05) is 6.42 Å². The molecule has 0 aromatic carbocycles. The van der Waals surface area contributed by atoms with E-state index in [1.54, 1.807) is 0 Å². The summed E-state index contributed by atoms with van der Waals surface area (Å²) in [6.45, 7) is 1.84. The number of nitrogens with zero attached hydrogens (tertiary/aromatic N) is 1. The second-order valence-electron chi connectivity index (χ2n) is 3.98. The number of hydrogen-bond acceptors (Lipinski definition) is 4. The predicted octanol–water partition coefficient (Wildman–Crippen LogP) is -0.266. The van der Waals surface area contributed by atoms with Gasteiger partial charge in [0.05, 0.1) is 18.4 Å². The number of hydrogen-bond donors (Lipinski definition) is 2. The van der Waals surface area contributed by atoms with Crippen molar-refractivity contribution in [1.29, 1.82) is 0 Å². The lowest BCUT2D eigenvalue weighted by Gasteiger charge is -2.14. The topological polar surface area (TPSA) is 84.3 Å². The van der Waals surface area contributed by atoms with Crippen molar-refractivity contribution in [2.45, 2.75) is 38.2 Å². The zero-order valence-corrected chi connectivity index (χ0v) is 9.22. The van der Waals surface area contributed by atoms with Crippen LogP contribution in [-0.4, -0.2) is 26.9 Å². The first-order valence-corrected chi connectivity index (χ1v) is 5.37. The van der Waals surface area contributed by atoms with Crippen LogP contribution in [0, 0.1) is 5.82 Å². The predicted molar refractivity (Wildman–Crippen MR) is 56.1 cm³/mol. The van der Waals surface area contributed by atoms with Crippen LogP contribution < -0.4 is 11.2 Å². The molecule has 1 aliphatic rings. The highest BCUT2D eigenvalue weighted by atomic mass is 19.1. The summed E-state index contributed by atoms with van der Waals surface area (Å²) in [6, 6.07) is 0. The van der Waals surface area contributed by atoms with Crippen LogP contribution in [0.15, 0.2) is 15.8 Å². The Labute approximate surface area is 95.7 Å². The number of aliphatic hydroxyl groups is 1. The first-order valence-electron chi connectivity index (χ1n) is 5.37. The maximum atomic E-state index is 13.1. The lowest BCUT2D eigenvalue weighted by atomic mass is 10.1. The average Bonchev–Trinajstić information content (AvgIpc) is 2.65. The van der Waals surface area contributed by atoms with Gasteiger partial charge in [0.15, 0.2) is 0 Å². The van der Waals surface area contributed by atoms with Crippen LogP contribution in [0.1, 0.15) is 26.0 Å². The van der Waals surface area contributed by atoms with Crippen molar-refractivity contribution in [1.82, 2.24) is 9.55 Å². The van der Waals surface area contributed by atoms with E-state index in [1.807, 2.05) is 11.9 Å². The molecule has 1 fully saturated rings. The molecule has 3 atom stereocenters. The number of aromatic amines is 1. The molecule has 1 saturated heterocycles. The van der Waals surface area contributed by atoms with Crippen molar-refractivity contribution in [3.63, 3.8) is 0 Å². The van der Waals surface area contributed by atoms with Gasteiger partial charge in [0.2, 0.25) is 5.82 Å². The van der Waals surface area contributed by atoms with Crippen molar-refractivity contribution in [3.05, 3.63) is 32.9 Å². The molecule has 2 rings (SSSR count). The third kappa shape index (κ3) is 2.16. The zero-order chi connectivity index (χ0) is 12.6. The molecule has 17 heavy (non-hydrogen) atoms. The van der Waals surface area contributed by atoms with Crippen LogP contribution in [0.4, 0.5) is 4.39 Å². The van der Waals surface area contributed by atoms with Crippen LogP contribution in [0.25, 0.3) is 0 Å². The van der Waals surface area contributed by atoms with Gasteiger partial charge < -0.3 is 9.84 Å². The molecule has 0 spiro atoms. The zero-order valence-electron chi connectivity index (χ0n) is 9.22. The summed E-state index contributed by atoms with van der Waals surface area (Å²) in [5, 5.41) is 9.63. The molecule has 1 aliphatic heterocycles. The highest BCUT2D eigenvalue weighted by molar-refractivity contribution is 4.90. The van der Waals surface area contributed by atoms with Gasteiger partial charge in [-0.3, -0.25) is 14.3 Å². The van der Waals surface area contributed by atoms with E-state index in [9.17, 15) is 19.1 Å². The Morgan fingerprint density at radius 2 is 2.35 bits per heavy atom. The molecule has 0 aliphatic carbocycles. The Morgan fingerprint density at radius 1 is 1.65 bits per heavy atom. The maximum absolute atomic E-state index is 13.1. The first kappa shape index (κ1) is 12.0. The Balaban J connectivity index is 2.34. The Kier molecular flexibility index (Phi) is 3.12. The summed E-state index contributed by atoms with van der Waals surface area (Å²) in [5.74, 6) is -1.05. The molecular formula is C10H13FN2O4. The van der Waals surface area contributed by atoms with Gasteiger partial charge in [0.25, 0.3) is 5.56 Å². The minimum Gasteiger partial charge on any atom is -0.390 e. The molecule has 0 bridgehead atoms. The van der Waals surface area contributed by atoms with E-state index in [2.05, 4.69) is 0 Å². The second kappa shape index (κ2) is 4.42. The first-order chi connectivity index (χ1) is 8.02. The number of halogens is 1. The fourth-order valence-electron chi connectivity index (χ4n) is 1.93. The Bertz CT molecular complexity index is 524. The van der Waals surface area contributed by atoms with Gasteiger partial charge in [0.1, 0.15) is 6.23 Å². The summed E-state index contributed by atoms with van der Waals surface area (Å²) in [4.78, 5) is 24.2. The summed E-state index contributed by atoms with van der Waals surface area (Å²) >= 11 is 0. The molecule has 0 amide bonds. The number of aliphatic hydroxyl groups excluding tert-OH is 1. The highest BCUT2D eigenvalue weighted by Gasteiger charge is 2.34. The van der Waals surface area contributed by atoms with E-state index < -0.39 is 29.4 Å². The standard InChI is InChI=1S/C10H13FN2O4/c1-2-7-6(14)3-8(17-7)13-4-5(11)9(15)12-10(13)16/h4,6-8,14H,2-3H2,1H3,(H,12,15,16)/t6?,7-,8-/m1/s1. The third-order valence-corrected chi connectivity index (χ3v) is 2.84. The fourth-order valence-corrected chi connectivity index (χ4v) is 1.93. The highest BCUT2D eigenvalue weighted by Crippen LogP contribution is 2.28. The minimum atomic E-state index is -1.06. The maximum Gasteiger partial charge on any atom is 0.330 e. The van der Waals surface area contributed by atoms with Gasteiger partial charge in [-0.05, 0) is 6.42 Å². The molecule has 1 aromatic rings. The molecule has 0 saturated carbocycles. The van der Waals surface area contributed by atoms with Crippen LogP contribution in [0.2, 0.25) is 0 Å². The molecule has 1 aromatic heterocycles. The monoisotopic (exact) mass is 244 g/mol. The molecule has 2 heterocycles. The van der Waals surface area contributed by atoms with E-state index in [1.165, 1.54) is 0 Å². The number of H-pyrrole nitrogens is 1. The summed E-state index contributed by atoms with van der Waals surface area (Å²) in [5.41, 5.74) is -1.80. The molecule has 7 heteroatoms. The summed E-state index contributed by atoms with van der Waals surface area (Å²) in [6.07, 6.45) is -0.207. The van der Waals surface area contributed by atoms with E-state index in [0.29, 0.717) is 6.42 Å². The van der Waals surface area contributed by atoms with Crippen molar-refractivity contribution < 1.29 is 14.2 Å². The van der Waals surface area contributed by atoms with E-state index in [4.69, 9.17) is 4.74 Å². The number of rotatable bonds is 2. The van der Waals surface area contributed by atoms with Gasteiger partial charge >= 0.3 is 5.69 Å². The van der Waals surface area contributed by atoms with Gasteiger partial charge in [-0.1, -0.05) is 6.92 Å². The molecule has 6 nitrogen and oxygen atoms in total. The van der Waals surface area contributed by atoms with Gasteiger partial charge in [-0.2, -0.15) is 4.39 Å². The van der Waals surface area contributed by atoms with Gasteiger partial charge in [-0.15, -0.1) is 0 Å². The molecule has 94 valence electrons. The minimum absolute atomic E-state index is 0.198. The smallest absolute Gasteiger partial charge is 0.330 e. The third-order valence-electron chi connectivity index (χ3n) is 2.84. The summed E-state index contributed by atoms with van der Waals surface area (Å²) in [7, 11) is 0. The number of ether oxygens (including phenoxy) is 1. The van der Waals surface area contributed by atoms with Crippen molar-refractivity contribution >= 4 is 0 Å². The lowest BCUT2D eigenvalue weighted by molar-refractivity contribution is -0.0221. The molecule has 2 N–H and O–H groups in total. The van der Waals surface area contributed by atoms with Crippen LogP contribution >= 0.6 is 0 Å². The van der Waals surface area contributed by atoms with Crippen molar-refractivity contribution in [2.24, 2.45) is 0 Å². The summed E-state index contributed by atoms with van der Waals surface area (Å²) < 4.78 is 19.4. The second-order valence-corrected chi connectivity index (χ2v) is 3.98. The average molecular weight is 244 g/mol. The fraction of sp³-hybridized carbons (Fsp3) is 0.600.